The van der Waals surface area contributed by atoms with Crippen molar-refractivity contribution in [1.82, 2.24) is 0 Å². The molecular formula is C13H12N2O3. The van der Waals surface area contributed by atoms with Crippen LogP contribution in [0.15, 0.2) is 40.8 Å². The molecule has 0 fully saturated rings. The summed E-state index contributed by atoms with van der Waals surface area (Å²) in [6.07, 6.45) is 0. The topological polar surface area (TPSA) is 85.3 Å². The first-order valence-corrected chi connectivity index (χ1v) is 5.34. The lowest BCUT2D eigenvalue weighted by atomic mass is 10.1. The fourth-order valence-electron chi connectivity index (χ4n) is 1.58. The summed E-state index contributed by atoms with van der Waals surface area (Å²) in [5.41, 5.74) is 6.53. The van der Waals surface area contributed by atoms with Crippen LogP contribution in [0.5, 0.6) is 0 Å². The van der Waals surface area contributed by atoms with Gasteiger partial charge in [0.05, 0.1) is 0 Å². The molecule has 5 nitrogen and oxygen atoms in total. The Morgan fingerprint density at radius 2 is 2.00 bits per heavy atom. The van der Waals surface area contributed by atoms with Crippen LogP contribution in [-0.2, 0) is 4.79 Å². The van der Waals surface area contributed by atoms with Gasteiger partial charge in [0, 0.05) is 18.2 Å². The van der Waals surface area contributed by atoms with Crippen molar-refractivity contribution in [3.63, 3.8) is 0 Å². The fourth-order valence-corrected chi connectivity index (χ4v) is 1.58. The van der Waals surface area contributed by atoms with Crippen molar-refractivity contribution in [3.8, 4) is 11.3 Å². The molecule has 0 aliphatic rings. The molecule has 0 aliphatic carbocycles. The molecule has 0 saturated carbocycles. The van der Waals surface area contributed by atoms with E-state index in [-0.39, 0.29) is 11.7 Å². The number of nitrogens with one attached hydrogen (secondary N) is 1. The fraction of sp³-hybridized carbons (Fsp3) is 0.0769. The van der Waals surface area contributed by atoms with E-state index in [9.17, 15) is 9.59 Å². The van der Waals surface area contributed by atoms with E-state index in [0.29, 0.717) is 11.4 Å². The van der Waals surface area contributed by atoms with Gasteiger partial charge in [0.2, 0.25) is 5.91 Å². The van der Waals surface area contributed by atoms with Gasteiger partial charge >= 0.3 is 0 Å². The quantitative estimate of drug-likeness (QED) is 0.865. The average Bonchev–Trinajstić information content (AvgIpc) is 2.77. The minimum absolute atomic E-state index is 0.106. The first-order chi connectivity index (χ1) is 8.56. The third-order valence-electron chi connectivity index (χ3n) is 2.32. The monoisotopic (exact) mass is 244 g/mol. The number of nitrogens with two attached hydrogens (primary N) is 1. The van der Waals surface area contributed by atoms with Crippen molar-refractivity contribution in [2.45, 2.75) is 6.92 Å². The molecule has 1 heterocycles. The number of carbonyl (C=O) groups is 2. The number of benzene rings is 1. The first kappa shape index (κ1) is 11.9. The largest absolute Gasteiger partial charge is 0.451 e. The van der Waals surface area contributed by atoms with Gasteiger partial charge in [-0.15, -0.1) is 0 Å². The summed E-state index contributed by atoms with van der Waals surface area (Å²) in [4.78, 5) is 21.9. The molecule has 0 spiro atoms. The predicted molar refractivity (Wildman–Crippen MR) is 67.0 cm³/mol. The van der Waals surface area contributed by atoms with Gasteiger partial charge in [-0.3, -0.25) is 9.59 Å². The summed E-state index contributed by atoms with van der Waals surface area (Å²) in [7, 11) is 0. The molecule has 2 amide bonds. The van der Waals surface area contributed by atoms with Crippen LogP contribution >= 0.6 is 0 Å². The summed E-state index contributed by atoms with van der Waals surface area (Å²) < 4.78 is 5.30. The third-order valence-corrected chi connectivity index (χ3v) is 2.32. The van der Waals surface area contributed by atoms with E-state index >= 15 is 0 Å². The Bertz CT molecular complexity index is 602. The van der Waals surface area contributed by atoms with Gasteiger partial charge in [0.1, 0.15) is 5.76 Å². The number of anilines is 1. The highest BCUT2D eigenvalue weighted by Crippen LogP contribution is 2.24. The Balaban J connectivity index is 2.32. The number of carbonyl (C=O) groups excluding carboxylic acids is 2. The minimum Gasteiger partial charge on any atom is -0.451 e. The Kier molecular flexibility index (Phi) is 3.14. The lowest BCUT2D eigenvalue weighted by molar-refractivity contribution is -0.114. The van der Waals surface area contributed by atoms with Crippen LogP contribution in [0.1, 0.15) is 17.5 Å². The highest BCUT2D eigenvalue weighted by Gasteiger charge is 2.09. The van der Waals surface area contributed by atoms with Crippen molar-refractivity contribution in [2.24, 2.45) is 5.73 Å². The van der Waals surface area contributed by atoms with Crippen molar-refractivity contribution in [2.75, 3.05) is 5.32 Å². The van der Waals surface area contributed by atoms with Gasteiger partial charge in [-0.2, -0.15) is 0 Å². The van der Waals surface area contributed by atoms with E-state index in [4.69, 9.17) is 10.2 Å². The zero-order valence-corrected chi connectivity index (χ0v) is 9.77. The number of hydrogen-bond donors (Lipinski definition) is 2. The SMILES string of the molecule is CC(=O)Nc1cccc(-c2ccc(C(N)=O)o2)c1. The Labute approximate surface area is 104 Å². The van der Waals surface area contributed by atoms with Crippen molar-refractivity contribution in [1.29, 1.82) is 0 Å². The van der Waals surface area contributed by atoms with Crippen molar-refractivity contribution < 1.29 is 14.0 Å². The van der Waals surface area contributed by atoms with Crippen molar-refractivity contribution in [3.05, 3.63) is 42.2 Å². The number of hydrogen-bond acceptors (Lipinski definition) is 3. The summed E-state index contributed by atoms with van der Waals surface area (Å²) in [5, 5.41) is 2.67. The van der Waals surface area contributed by atoms with E-state index in [1.54, 1.807) is 24.3 Å². The van der Waals surface area contributed by atoms with Crippen LogP contribution < -0.4 is 11.1 Å². The third kappa shape index (κ3) is 2.57. The van der Waals surface area contributed by atoms with Crippen LogP contribution in [0.25, 0.3) is 11.3 Å². The number of rotatable bonds is 3. The number of primary amides is 1. The molecule has 0 atom stereocenters. The summed E-state index contributed by atoms with van der Waals surface area (Å²) in [6, 6.07) is 10.3. The number of furan rings is 1. The highest BCUT2D eigenvalue weighted by atomic mass is 16.3. The Morgan fingerprint density at radius 3 is 2.61 bits per heavy atom. The van der Waals surface area contributed by atoms with Crippen LogP contribution in [0.3, 0.4) is 0 Å². The van der Waals surface area contributed by atoms with Crippen molar-refractivity contribution >= 4 is 17.5 Å². The van der Waals surface area contributed by atoms with E-state index in [2.05, 4.69) is 5.32 Å². The molecule has 5 heteroatoms. The second kappa shape index (κ2) is 4.75. The molecule has 3 N–H and O–H groups in total. The number of amides is 2. The molecule has 0 unspecified atom stereocenters. The van der Waals surface area contributed by atoms with Gasteiger partial charge in [0.15, 0.2) is 5.76 Å². The molecule has 18 heavy (non-hydrogen) atoms. The maximum absolute atomic E-state index is 11.0. The van der Waals surface area contributed by atoms with E-state index in [1.165, 1.54) is 13.0 Å². The molecule has 2 rings (SSSR count). The zero-order chi connectivity index (χ0) is 13.1. The molecule has 0 bridgehead atoms. The second-order valence-corrected chi connectivity index (χ2v) is 3.79. The zero-order valence-electron chi connectivity index (χ0n) is 9.77. The summed E-state index contributed by atoms with van der Waals surface area (Å²) in [5.74, 6) is -0.130. The van der Waals surface area contributed by atoms with Gasteiger partial charge in [-0.1, -0.05) is 12.1 Å². The molecule has 0 radical (unpaired) electrons. The minimum atomic E-state index is -0.612. The first-order valence-electron chi connectivity index (χ1n) is 5.34. The molecule has 92 valence electrons. The molecule has 0 saturated heterocycles. The van der Waals surface area contributed by atoms with E-state index in [0.717, 1.165) is 5.56 Å². The Hall–Kier alpha value is -2.56. The molecule has 1 aromatic heterocycles. The second-order valence-electron chi connectivity index (χ2n) is 3.79. The smallest absolute Gasteiger partial charge is 0.284 e. The van der Waals surface area contributed by atoms with Crippen LogP contribution in [0, 0.1) is 0 Å². The predicted octanol–water partition coefficient (Wildman–Crippen LogP) is 2.00. The van der Waals surface area contributed by atoms with Gasteiger partial charge < -0.3 is 15.5 Å². The average molecular weight is 244 g/mol. The molecule has 1 aromatic carbocycles. The molecule has 0 aliphatic heterocycles. The van der Waals surface area contributed by atoms with Crippen LogP contribution in [0.2, 0.25) is 0 Å². The summed E-state index contributed by atoms with van der Waals surface area (Å²) >= 11 is 0. The molecular weight excluding hydrogens is 232 g/mol. The lowest BCUT2D eigenvalue weighted by Crippen LogP contribution is -2.09. The summed E-state index contributed by atoms with van der Waals surface area (Å²) in [6.45, 7) is 1.44. The highest BCUT2D eigenvalue weighted by molar-refractivity contribution is 5.91. The Morgan fingerprint density at radius 1 is 1.22 bits per heavy atom. The van der Waals surface area contributed by atoms with Gasteiger partial charge in [0.25, 0.3) is 5.91 Å². The maximum Gasteiger partial charge on any atom is 0.284 e. The molecule has 2 aromatic rings. The normalized spacial score (nSPS) is 10.1. The van der Waals surface area contributed by atoms with Gasteiger partial charge in [-0.05, 0) is 24.3 Å². The standard InChI is InChI=1S/C13H12N2O3/c1-8(16)15-10-4-2-3-9(7-10)11-5-6-12(18-11)13(14)17/h2-7H,1H3,(H2,14,17)(H,15,16). The van der Waals surface area contributed by atoms with Gasteiger partial charge in [-0.25, -0.2) is 0 Å². The van der Waals surface area contributed by atoms with E-state index in [1.807, 2.05) is 6.07 Å². The van der Waals surface area contributed by atoms with Crippen LogP contribution in [0.4, 0.5) is 5.69 Å². The van der Waals surface area contributed by atoms with E-state index < -0.39 is 5.91 Å². The lowest BCUT2D eigenvalue weighted by Gasteiger charge is -2.03. The maximum atomic E-state index is 11.0. The van der Waals surface area contributed by atoms with Crippen LogP contribution in [-0.4, -0.2) is 11.8 Å².